The molecule has 1 heterocycles. The Bertz CT molecular complexity index is 635. The second-order valence-corrected chi connectivity index (χ2v) is 7.47. The Morgan fingerprint density at radius 1 is 1.31 bits per heavy atom. The molecule has 1 saturated heterocycles. The zero-order valence-electron chi connectivity index (χ0n) is 17.4. The molecule has 2 rings (SSSR count). The Labute approximate surface area is 189 Å². The van der Waals surface area contributed by atoms with Crippen LogP contribution < -0.4 is 10.6 Å². The predicted octanol–water partition coefficient (Wildman–Crippen LogP) is 2.53. The van der Waals surface area contributed by atoms with Crippen LogP contribution in [-0.4, -0.2) is 69.5 Å². The Morgan fingerprint density at radius 2 is 2.00 bits per heavy atom. The van der Waals surface area contributed by atoms with Crippen molar-refractivity contribution in [3.8, 4) is 0 Å². The van der Waals surface area contributed by atoms with Crippen molar-refractivity contribution in [1.82, 2.24) is 15.5 Å². The quantitative estimate of drug-likeness (QED) is 0.262. The van der Waals surface area contributed by atoms with Gasteiger partial charge in [-0.1, -0.05) is 6.07 Å². The maximum Gasteiger partial charge on any atom is 0.191 e. The van der Waals surface area contributed by atoms with Crippen molar-refractivity contribution >= 4 is 29.9 Å². The first kappa shape index (κ1) is 26.0. The van der Waals surface area contributed by atoms with Gasteiger partial charge in [-0.25, -0.2) is 8.78 Å². The van der Waals surface area contributed by atoms with E-state index in [0.29, 0.717) is 45.2 Å². The van der Waals surface area contributed by atoms with Gasteiger partial charge in [0.25, 0.3) is 0 Å². The summed E-state index contributed by atoms with van der Waals surface area (Å²) >= 11 is 0. The molecule has 1 aliphatic rings. The minimum Gasteiger partial charge on any atom is -0.396 e. The number of rotatable bonds is 9. The Kier molecular flexibility index (Phi) is 11.3. The second kappa shape index (κ2) is 12.6. The molecule has 2 atom stereocenters. The van der Waals surface area contributed by atoms with E-state index in [2.05, 4.69) is 15.6 Å². The summed E-state index contributed by atoms with van der Waals surface area (Å²) in [6.07, 6.45) is 1.49. The average Bonchev–Trinajstić information content (AvgIpc) is 3.10. The van der Waals surface area contributed by atoms with E-state index in [1.165, 1.54) is 18.2 Å². The van der Waals surface area contributed by atoms with Gasteiger partial charge >= 0.3 is 0 Å². The third-order valence-electron chi connectivity index (χ3n) is 5.16. The lowest BCUT2D eigenvalue weighted by atomic mass is 9.84. The van der Waals surface area contributed by atoms with Crippen molar-refractivity contribution in [2.75, 3.05) is 53.6 Å². The summed E-state index contributed by atoms with van der Waals surface area (Å²) in [4.78, 5) is 6.43. The van der Waals surface area contributed by atoms with Crippen LogP contribution in [0.1, 0.15) is 31.4 Å². The largest absolute Gasteiger partial charge is 0.396 e. The van der Waals surface area contributed by atoms with Crippen LogP contribution in [0.4, 0.5) is 8.78 Å². The topological polar surface area (TPSA) is 69.1 Å². The second-order valence-electron chi connectivity index (χ2n) is 7.47. The molecule has 0 aliphatic carbocycles. The fraction of sp³-hybridized carbons (Fsp3) is 0.650. The summed E-state index contributed by atoms with van der Waals surface area (Å²) in [7, 11) is 3.57. The molecule has 166 valence electrons. The number of benzene rings is 1. The first-order valence-corrected chi connectivity index (χ1v) is 9.73. The van der Waals surface area contributed by atoms with Crippen LogP contribution in [0.15, 0.2) is 23.2 Å². The zero-order valence-corrected chi connectivity index (χ0v) is 19.7. The summed E-state index contributed by atoms with van der Waals surface area (Å²) in [5, 5.41) is 15.7. The minimum absolute atomic E-state index is 0. The maximum atomic E-state index is 14.2. The summed E-state index contributed by atoms with van der Waals surface area (Å²) in [5.74, 6) is -0.546. The van der Waals surface area contributed by atoms with Crippen molar-refractivity contribution in [2.24, 2.45) is 10.4 Å². The molecule has 0 aromatic heterocycles. The lowest BCUT2D eigenvalue weighted by molar-refractivity contribution is 0.131. The van der Waals surface area contributed by atoms with E-state index < -0.39 is 17.7 Å². The molecule has 1 aromatic carbocycles. The number of aliphatic hydroxyl groups excluding tert-OH is 1. The van der Waals surface area contributed by atoms with Gasteiger partial charge in [-0.15, -0.1) is 24.0 Å². The molecular formula is C20H33F2IN4O2. The van der Waals surface area contributed by atoms with Gasteiger partial charge < -0.3 is 25.4 Å². The fourth-order valence-electron chi connectivity index (χ4n) is 3.44. The van der Waals surface area contributed by atoms with Gasteiger partial charge in [-0.3, -0.25) is 4.99 Å². The summed E-state index contributed by atoms with van der Waals surface area (Å²) in [5.41, 5.74) is -0.118. The third-order valence-corrected chi connectivity index (χ3v) is 5.16. The van der Waals surface area contributed by atoms with Crippen LogP contribution >= 0.6 is 24.0 Å². The number of ether oxygens (including phenoxy) is 1. The zero-order chi connectivity index (χ0) is 20.6. The van der Waals surface area contributed by atoms with Gasteiger partial charge in [0.2, 0.25) is 0 Å². The van der Waals surface area contributed by atoms with Gasteiger partial charge in [-0.2, -0.15) is 0 Å². The van der Waals surface area contributed by atoms with Crippen molar-refractivity contribution in [3.63, 3.8) is 0 Å². The van der Waals surface area contributed by atoms with Gasteiger partial charge in [-0.05, 0) is 46.0 Å². The smallest absolute Gasteiger partial charge is 0.191 e. The number of hydrogen-bond donors (Lipinski definition) is 3. The molecule has 0 saturated carbocycles. The summed E-state index contributed by atoms with van der Waals surface area (Å²) in [6.45, 7) is 4.78. The summed E-state index contributed by atoms with van der Waals surface area (Å²) in [6, 6.07) is 3.41. The normalized spacial score (nSPS) is 20.4. The molecular weight excluding hydrogens is 493 g/mol. The van der Waals surface area contributed by atoms with Crippen LogP contribution in [-0.2, 0) is 4.74 Å². The van der Waals surface area contributed by atoms with E-state index in [0.717, 1.165) is 6.42 Å². The van der Waals surface area contributed by atoms with Gasteiger partial charge in [0.05, 0.1) is 19.2 Å². The number of halogens is 3. The Morgan fingerprint density at radius 3 is 2.52 bits per heavy atom. The van der Waals surface area contributed by atoms with E-state index >= 15 is 0 Å². The number of aliphatic imine (C=N–C) groups is 1. The molecule has 0 spiro atoms. The average molecular weight is 526 g/mol. The van der Waals surface area contributed by atoms with Gasteiger partial charge in [0, 0.05) is 37.3 Å². The van der Waals surface area contributed by atoms with Crippen molar-refractivity contribution in [2.45, 2.75) is 25.8 Å². The molecule has 0 amide bonds. The van der Waals surface area contributed by atoms with Crippen LogP contribution in [0.3, 0.4) is 0 Å². The highest BCUT2D eigenvalue weighted by atomic mass is 127. The first-order chi connectivity index (χ1) is 13.4. The third kappa shape index (κ3) is 7.30. The molecule has 3 N–H and O–H groups in total. The highest BCUT2D eigenvalue weighted by molar-refractivity contribution is 14.0. The van der Waals surface area contributed by atoms with Gasteiger partial charge in [0.1, 0.15) is 11.6 Å². The molecule has 0 radical (unpaired) electrons. The molecule has 1 fully saturated rings. The van der Waals surface area contributed by atoms with E-state index in [4.69, 9.17) is 4.74 Å². The van der Waals surface area contributed by atoms with E-state index in [-0.39, 0.29) is 41.6 Å². The number of aliphatic hydroxyl groups is 1. The molecule has 1 aromatic rings. The number of hydrogen-bond acceptors (Lipinski definition) is 4. The Balaban J connectivity index is 0.00000420. The van der Waals surface area contributed by atoms with Gasteiger partial charge in [0.15, 0.2) is 5.96 Å². The fourth-order valence-corrected chi connectivity index (χ4v) is 3.44. The maximum absolute atomic E-state index is 14.2. The number of guanidine groups is 1. The molecule has 2 unspecified atom stereocenters. The van der Waals surface area contributed by atoms with Crippen molar-refractivity contribution in [1.29, 1.82) is 0 Å². The van der Waals surface area contributed by atoms with E-state index in [1.54, 1.807) is 19.0 Å². The highest BCUT2D eigenvalue weighted by Crippen LogP contribution is 2.32. The van der Waals surface area contributed by atoms with Crippen LogP contribution in [0.2, 0.25) is 0 Å². The molecule has 9 heteroatoms. The molecule has 1 aliphatic heterocycles. The van der Waals surface area contributed by atoms with Crippen LogP contribution in [0.25, 0.3) is 0 Å². The van der Waals surface area contributed by atoms with Crippen LogP contribution in [0.5, 0.6) is 0 Å². The molecule has 6 nitrogen and oxygen atoms in total. The molecule has 29 heavy (non-hydrogen) atoms. The summed E-state index contributed by atoms with van der Waals surface area (Å²) < 4.78 is 34.0. The monoisotopic (exact) mass is 526 g/mol. The standard InChI is InChI=1S/C20H32F2N4O2.HI/c1-4-23-19(25-13-20(8-10-27)9-11-28-14-20)24-12-17(26(2)3)18-15(21)6-5-7-16(18)22;/h5-7,17,27H,4,8-14H2,1-3H3,(H2,23,24,25);1H. The molecule has 0 bridgehead atoms. The van der Waals surface area contributed by atoms with Crippen LogP contribution in [0, 0.1) is 17.0 Å². The number of likely N-dealkylation sites (N-methyl/N-ethyl adjacent to an activating group) is 1. The van der Waals surface area contributed by atoms with Crippen molar-refractivity contribution in [3.05, 3.63) is 35.4 Å². The minimum atomic E-state index is -0.563. The Hall–Kier alpha value is -1.04. The number of nitrogens with zero attached hydrogens (tertiary/aromatic N) is 2. The predicted molar refractivity (Wildman–Crippen MR) is 122 cm³/mol. The van der Waals surface area contributed by atoms with E-state index in [9.17, 15) is 13.9 Å². The number of nitrogens with one attached hydrogen (secondary N) is 2. The lowest BCUT2D eigenvalue weighted by Crippen LogP contribution is -2.43. The van der Waals surface area contributed by atoms with E-state index in [1.807, 2.05) is 6.92 Å². The highest BCUT2D eigenvalue weighted by Gasteiger charge is 2.34. The van der Waals surface area contributed by atoms with Crippen molar-refractivity contribution < 1.29 is 18.6 Å². The lowest BCUT2D eigenvalue weighted by Gasteiger charge is -2.28. The SMILES string of the molecule is CCNC(=NCC1(CCO)CCOC1)NCC(c1c(F)cccc1F)N(C)C.I. The first-order valence-electron chi connectivity index (χ1n) is 9.73.